The van der Waals surface area contributed by atoms with Gasteiger partial charge in [-0.2, -0.15) is 0 Å². The van der Waals surface area contributed by atoms with Crippen LogP contribution in [0.4, 0.5) is 0 Å². The summed E-state index contributed by atoms with van der Waals surface area (Å²) < 4.78 is 10.5. The highest BCUT2D eigenvalue weighted by atomic mass is 16.5. The van der Waals surface area contributed by atoms with E-state index in [1.54, 1.807) is 7.11 Å². The van der Waals surface area contributed by atoms with Crippen molar-refractivity contribution in [2.75, 3.05) is 7.11 Å². The molecular formula is C23H30O3. The number of unbranched alkanes of at least 4 members (excludes halogenated alkanes) is 1. The number of methoxy groups -OCH3 is 1. The first-order chi connectivity index (χ1) is 12.6. The van der Waals surface area contributed by atoms with Gasteiger partial charge in [0.1, 0.15) is 11.5 Å². The normalized spacial score (nSPS) is 13.1. The summed E-state index contributed by atoms with van der Waals surface area (Å²) in [6, 6.07) is 16.3. The molecule has 2 unspecified atom stereocenters. The molecule has 2 atom stereocenters. The molecule has 0 heterocycles. The molecule has 0 aliphatic carbocycles. The van der Waals surface area contributed by atoms with E-state index in [0.29, 0.717) is 17.6 Å². The summed E-state index contributed by atoms with van der Waals surface area (Å²) in [5.41, 5.74) is 2.56. The minimum atomic E-state index is -0.293. The molecule has 0 amide bonds. The smallest absolute Gasteiger partial charge is 0.308 e. The van der Waals surface area contributed by atoms with Crippen LogP contribution in [0.3, 0.4) is 0 Å². The van der Waals surface area contributed by atoms with E-state index in [1.807, 2.05) is 24.3 Å². The van der Waals surface area contributed by atoms with Gasteiger partial charge in [-0.05, 0) is 47.7 Å². The van der Waals surface area contributed by atoms with E-state index < -0.39 is 0 Å². The van der Waals surface area contributed by atoms with E-state index in [-0.39, 0.29) is 5.97 Å². The number of hydrogen-bond acceptors (Lipinski definition) is 3. The molecule has 0 saturated heterocycles. The van der Waals surface area contributed by atoms with Crippen molar-refractivity contribution in [3.8, 4) is 11.5 Å². The Morgan fingerprint density at radius 2 is 1.46 bits per heavy atom. The van der Waals surface area contributed by atoms with Crippen molar-refractivity contribution in [2.24, 2.45) is 5.92 Å². The van der Waals surface area contributed by atoms with Crippen LogP contribution in [0.5, 0.6) is 11.5 Å². The van der Waals surface area contributed by atoms with Crippen molar-refractivity contribution >= 4 is 5.97 Å². The second kappa shape index (κ2) is 10.0. The van der Waals surface area contributed by atoms with Gasteiger partial charge in [-0.25, -0.2) is 0 Å². The molecule has 3 nitrogen and oxygen atoms in total. The quantitative estimate of drug-likeness (QED) is 0.411. The van der Waals surface area contributed by atoms with Crippen LogP contribution in [0.1, 0.15) is 63.5 Å². The van der Waals surface area contributed by atoms with E-state index in [9.17, 15) is 4.79 Å². The molecule has 0 radical (unpaired) electrons. The van der Waals surface area contributed by atoms with Gasteiger partial charge in [-0.15, -0.1) is 0 Å². The third-order valence-electron chi connectivity index (χ3n) is 4.90. The average Bonchev–Trinajstić information content (AvgIpc) is 2.66. The maximum atomic E-state index is 11.2. The summed E-state index contributed by atoms with van der Waals surface area (Å²) in [6.45, 7) is 5.93. The topological polar surface area (TPSA) is 35.5 Å². The maximum Gasteiger partial charge on any atom is 0.308 e. The van der Waals surface area contributed by atoms with Crippen LogP contribution in [-0.4, -0.2) is 13.1 Å². The molecule has 140 valence electrons. The van der Waals surface area contributed by atoms with Crippen molar-refractivity contribution in [1.29, 1.82) is 0 Å². The Bertz CT molecular complexity index is 674. The van der Waals surface area contributed by atoms with Crippen molar-refractivity contribution < 1.29 is 14.3 Å². The van der Waals surface area contributed by atoms with E-state index in [0.717, 1.165) is 12.2 Å². The number of rotatable bonds is 9. The van der Waals surface area contributed by atoms with E-state index in [2.05, 4.69) is 38.1 Å². The third kappa shape index (κ3) is 5.35. The van der Waals surface area contributed by atoms with Crippen molar-refractivity contribution in [3.63, 3.8) is 0 Å². The minimum absolute atomic E-state index is 0.293. The third-order valence-corrected chi connectivity index (χ3v) is 4.90. The lowest BCUT2D eigenvalue weighted by Gasteiger charge is -2.28. The highest BCUT2D eigenvalue weighted by Gasteiger charge is 2.23. The monoisotopic (exact) mass is 354 g/mol. The molecule has 2 aromatic carbocycles. The Morgan fingerprint density at radius 1 is 0.923 bits per heavy atom. The highest BCUT2D eigenvalue weighted by molar-refractivity contribution is 5.69. The summed E-state index contributed by atoms with van der Waals surface area (Å²) in [4.78, 5) is 11.2. The second-order valence-electron chi connectivity index (χ2n) is 6.72. The van der Waals surface area contributed by atoms with Gasteiger partial charge >= 0.3 is 5.97 Å². The molecule has 2 aromatic rings. The molecule has 0 N–H and O–H groups in total. The van der Waals surface area contributed by atoms with Crippen LogP contribution >= 0.6 is 0 Å². The number of carbonyl (C=O) groups excluding carboxylic acids is 1. The van der Waals surface area contributed by atoms with Gasteiger partial charge in [-0.3, -0.25) is 4.79 Å². The lowest BCUT2D eigenvalue weighted by Crippen LogP contribution is -2.14. The fourth-order valence-corrected chi connectivity index (χ4v) is 3.53. The van der Waals surface area contributed by atoms with E-state index >= 15 is 0 Å². The molecular weight excluding hydrogens is 324 g/mol. The Kier molecular flexibility index (Phi) is 7.71. The fraction of sp³-hybridized carbons (Fsp3) is 0.435. The van der Waals surface area contributed by atoms with Crippen molar-refractivity contribution in [3.05, 3.63) is 59.7 Å². The molecule has 0 aliphatic rings. The zero-order valence-electron chi connectivity index (χ0n) is 16.3. The Morgan fingerprint density at radius 3 is 1.88 bits per heavy atom. The molecule has 0 saturated carbocycles. The number of ether oxygens (including phenoxy) is 2. The lowest BCUT2D eigenvalue weighted by molar-refractivity contribution is -0.131. The first-order valence-electron chi connectivity index (χ1n) is 9.51. The average molecular weight is 354 g/mol. The van der Waals surface area contributed by atoms with E-state index in [1.165, 1.54) is 37.3 Å². The Balaban J connectivity index is 2.36. The van der Waals surface area contributed by atoms with Gasteiger partial charge in [-0.1, -0.05) is 57.4 Å². The summed E-state index contributed by atoms with van der Waals surface area (Å²) in [6.07, 6.45) is 4.77. The first kappa shape index (κ1) is 20.0. The number of carbonyl (C=O) groups is 1. The van der Waals surface area contributed by atoms with Gasteiger partial charge in [0.15, 0.2) is 0 Å². The van der Waals surface area contributed by atoms with Crippen LogP contribution in [0.2, 0.25) is 0 Å². The largest absolute Gasteiger partial charge is 0.497 e. The molecule has 26 heavy (non-hydrogen) atoms. The summed E-state index contributed by atoms with van der Waals surface area (Å²) in [7, 11) is 1.69. The van der Waals surface area contributed by atoms with Crippen LogP contribution in [-0.2, 0) is 4.79 Å². The molecule has 0 aliphatic heterocycles. The highest BCUT2D eigenvalue weighted by Crippen LogP contribution is 2.38. The molecule has 0 spiro atoms. The minimum Gasteiger partial charge on any atom is -0.497 e. The van der Waals surface area contributed by atoms with Gasteiger partial charge in [0, 0.05) is 12.8 Å². The summed E-state index contributed by atoms with van der Waals surface area (Å²) >= 11 is 0. The van der Waals surface area contributed by atoms with Gasteiger partial charge in [0.05, 0.1) is 7.11 Å². The summed E-state index contributed by atoms with van der Waals surface area (Å²) in [5.74, 6) is 2.07. The van der Waals surface area contributed by atoms with Crippen LogP contribution < -0.4 is 9.47 Å². The Hall–Kier alpha value is -2.29. The molecule has 2 rings (SSSR count). The fourth-order valence-electron chi connectivity index (χ4n) is 3.53. The molecule has 3 heteroatoms. The molecule has 0 fully saturated rings. The first-order valence-corrected chi connectivity index (χ1v) is 9.51. The van der Waals surface area contributed by atoms with Gasteiger partial charge in [0.25, 0.3) is 0 Å². The van der Waals surface area contributed by atoms with Crippen LogP contribution in [0, 0.1) is 5.92 Å². The van der Waals surface area contributed by atoms with Gasteiger partial charge < -0.3 is 9.47 Å². The van der Waals surface area contributed by atoms with Crippen LogP contribution in [0.15, 0.2) is 48.5 Å². The number of esters is 1. The second-order valence-corrected chi connectivity index (χ2v) is 6.72. The van der Waals surface area contributed by atoms with E-state index in [4.69, 9.17) is 9.47 Å². The molecule has 0 aromatic heterocycles. The predicted molar refractivity (Wildman–Crippen MR) is 106 cm³/mol. The predicted octanol–water partition coefficient (Wildman–Crippen LogP) is 5.97. The zero-order chi connectivity index (χ0) is 18.9. The SMILES string of the molecule is CCCCC(CC)C(c1ccc(OC)cc1)c1ccc(OC(C)=O)cc1. The lowest BCUT2D eigenvalue weighted by atomic mass is 9.77. The maximum absolute atomic E-state index is 11.2. The number of hydrogen-bond donors (Lipinski definition) is 0. The molecule has 0 bridgehead atoms. The van der Waals surface area contributed by atoms with Crippen molar-refractivity contribution in [2.45, 2.75) is 52.4 Å². The van der Waals surface area contributed by atoms with Crippen LogP contribution in [0.25, 0.3) is 0 Å². The van der Waals surface area contributed by atoms with Crippen molar-refractivity contribution in [1.82, 2.24) is 0 Å². The Labute approximate surface area is 157 Å². The number of benzene rings is 2. The van der Waals surface area contributed by atoms with Gasteiger partial charge in [0.2, 0.25) is 0 Å². The zero-order valence-corrected chi connectivity index (χ0v) is 16.3. The summed E-state index contributed by atoms with van der Waals surface area (Å²) in [5, 5.41) is 0. The standard InChI is InChI=1S/C23H30O3/c1-5-7-8-18(6-2)23(19-9-13-21(25-4)14-10-19)20-11-15-22(16-12-20)26-17(3)24/h9-16,18,23H,5-8H2,1-4H3.